The Morgan fingerprint density at radius 3 is 1.88 bits per heavy atom. The van der Waals surface area contributed by atoms with Crippen LogP contribution in [0.25, 0.3) is 0 Å². The second-order valence-electron chi connectivity index (χ2n) is 10.4. The van der Waals surface area contributed by atoms with E-state index in [-0.39, 0.29) is 0 Å². The van der Waals surface area contributed by atoms with Crippen molar-refractivity contribution >= 4 is 0 Å². The quantitative estimate of drug-likeness (QED) is 0.401. The van der Waals surface area contributed by atoms with E-state index in [4.69, 9.17) is 0 Å². The Hall–Kier alpha value is 0. The van der Waals surface area contributed by atoms with Crippen LogP contribution in [-0.4, -0.2) is 0 Å². The summed E-state index contributed by atoms with van der Waals surface area (Å²) in [5, 5.41) is 0. The lowest BCUT2D eigenvalue weighted by atomic mass is 9.63. The summed E-state index contributed by atoms with van der Waals surface area (Å²) < 4.78 is 0. The van der Waals surface area contributed by atoms with E-state index in [1.807, 2.05) is 0 Å². The highest BCUT2D eigenvalue weighted by Gasteiger charge is 2.57. The molecule has 0 aromatic carbocycles. The first-order valence-corrected chi connectivity index (χ1v) is 11.3. The zero-order valence-electron chi connectivity index (χ0n) is 17.9. The number of hydrogen-bond donors (Lipinski definition) is 0. The first-order chi connectivity index (χ1) is 11.3. The standard InChI is InChI=1S/C24H46/c1-8-10-19(7)11-12-22-16-24(22,9-2)23-14-20(17(3)4)13-21(15-23)18(5)6/h17-23H,8-16H2,1-7H3/t19-,20?,21?,22?,23?,24?/m1/s1. The molecule has 0 heteroatoms. The van der Waals surface area contributed by atoms with Gasteiger partial charge in [0.05, 0.1) is 0 Å². The van der Waals surface area contributed by atoms with Crippen LogP contribution in [0.15, 0.2) is 0 Å². The third-order valence-corrected chi connectivity index (χ3v) is 8.21. The molecule has 142 valence electrons. The fourth-order valence-corrected chi connectivity index (χ4v) is 6.10. The van der Waals surface area contributed by atoms with Crippen molar-refractivity contribution < 1.29 is 0 Å². The molecule has 0 radical (unpaired) electrons. The number of rotatable bonds is 9. The van der Waals surface area contributed by atoms with Gasteiger partial charge in [-0.25, -0.2) is 0 Å². The van der Waals surface area contributed by atoms with Gasteiger partial charge in [0.15, 0.2) is 0 Å². The van der Waals surface area contributed by atoms with Gasteiger partial charge in [0.2, 0.25) is 0 Å². The molecule has 0 heterocycles. The maximum Gasteiger partial charge on any atom is -0.0240 e. The number of hydrogen-bond acceptors (Lipinski definition) is 0. The highest BCUT2D eigenvalue weighted by atomic mass is 14.6. The monoisotopic (exact) mass is 334 g/mol. The highest BCUT2D eigenvalue weighted by molar-refractivity contribution is 5.07. The van der Waals surface area contributed by atoms with Crippen molar-refractivity contribution in [3.63, 3.8) is 0 Å². The maximum absolute atomic E-state index is 2.50. The van der Waals surface area contributed by atoms with Gasteiger partial charge >= 0.3 is 0 Å². The zero-order chi connectivity index (χ0) is 17.9. The summed E-state index contributed by atoms with van der Waals surface area (Å²) in [6.45, 7) is 17.2. The molecule has 4 unspecified atom stereocenters. The lowest BCUT2D eigenvalue weighted by Crippen LogP contribution is -2.33. The van der Waals surface area contributed by atoms with Crippen molar-refractivity contribution in [2.24, 2.45) is 46.8 Å². The second kappa shape index (κ2) is 8.59. The molecule has 0 spiro atoms. The van der Waals surface area contributed by atoms with E-state index < -0.39 is 0 Å². The summed E-state index contributed by atoms with van der Waals surface area (Å²) in [5.74, 6) is 6.77. The van der Waals surface area contributed by atoms with E-state index in [1.165, 1.54) is 51.4 Å². The third-order valence-electron chi connectivity index (χ3n) is 8.21. The summed E-state index contributed by atoms with van der Waals surface area (Å²) in [4.78, 5) is 0. The molecular formula is C24H46. The Morgan fingerprint density at radius 2 is 1.42 bits per heavy atom. The Morgan fingerprint density at radius 1 is 0.833 bits per heavy atom. The molecular weight excluding hydrogens is 288 g/mol. The first kappa shape index (κ1) is 20.3. The molecule has 2 aliphatic carbocycles. The van der Waals surface area contributed by atoms with Crippen LogP contribution in [0.4, 0.5) is 0 Å². The molecule has 0 saturated heterocycles. The summed E-state index contributed by atoms with van der Waals surface area (Å²) in [6.07, 6.45) is 13.4. The first-order valence-electron chi connectivity index (χ1n) is 11.3. The Balaban J connectivity index is 1.98. The lowest BCUT2D eigenvalue weighted by molar-refractivity contribution is 0.0736. The molecule has 24 heavy (non-hydrogen) atoms. The van der Waals surface area contributed by atoms with Crippen LogP contribution < -0.4 is 0 Å². The van der Waals surface area contributed by atoms with Gasteiger partial charge in [-0.3, -0.25) is 0 Å². The van der Waals surface area contributed by atoms with Crippen LogP contribution >= 0.6 is 0 Å². The van der Waals surface area contributed by atoms with Crippen molar-refractivity contribution in [3.8, 4) is 0 Å². The molecule has 0 amide bonds. The Labute approximate surface area is 153 Å². The van der Waals surface area contributed by atoms with Crippen LogP contribution in [0.1, 0.15) is 106 Å². The second-order valence-corrected chi connectivity index (χ2v) is 10.4. The zero-order valence-corrected chi connectivity index (χ0v) is 17.9. The maximum atomic E-state index is 2.50. The molecule has 2 saturated carbocycles. The molecule has 0 nitrogen and oxygen atoms in total. The van der Waals surface area contributed by atoms with Crippen molar-refractivity contribution in [2.45, 2.75) is 106 Å². The normalized spacial score (nSPS) is 37.9. The SMILES string of the molecule is CCC[C@@H](C)CCC1CC1(CC)C1CC(C(C)C)CC(C(C)C)C1. The fourth-order valence-electron chi connectivity index (χ4n) is 6.10. The summed E-state index contributed by atoms with van der Waals surface area (Å²) in [6, 6.07) is 0. The van der Waals surface area contributed by atoms with Gasteiger partial charge in [-0.1, -0.05) is 67.7 Å². The summed E-state index contributed by atoms with van der Waals surface area (Å²) in [7, 11) is 0. The largest absolute Gasteiger partial charge is 0.0654 e. The predicted octanol–water partition coefficient (Wildman–Crippen LogP) is 7.96. The van der Waals surface area contributed by atoms with Crippen LogP contribution in [-0.2, 0) is 0 Å². The molecule has 0 aromatic heterocycles. The van der Waals surface area contributed by atoms with Crippen molar-refractivity contribution in [3.05, 3.63) is 0 Å². The Bertz CT molecular complexity index is 352. The smallest absolute Gasteiger partial charge is 0.0240 e. The molecule has 5 atom stereocenters. The molecule has 0 bridgehead atoms. The average Bonchev–Trinajstić information content (AvgIpc) is 3.27. The minimum Gasteiger partial charge on any atom is -0.0654 e. The van der Waals surface area contributed by atoms with Crippen LogP contribution in [0.2, 0.25) is 0 Å². The van der Waals surface area contributed by atoms with Gasteiger partial charge in [0.1, 0.15) is 0 Å². The van der Waals surface area contributed by atoms with Crippen LogP contribution in [0.5, 0.6) is 0 Å². The van der Waals surface area contributed by atoms with Gasteiger partial charge < -0.3 is 0 Å². The predicted molar refractivity (Wildman–Crippen MR) is 108 cm³/mol. The van der Waals surface area contributed by atoms with Gasteiger partial charge in [-0.05, 0) is 85.4 Å². The molecule has 0 aliphatic heterocycles. The highest BCUT2D eigenvalue weighted by Crippen LogP contribution is 2.66. The third kappa shape index (κ3) is 4.59. The molecule has 0 N–H and O–H groups in total. The van der Waals surface area contributed by atoms with E-state index in [2.05, 4.69) is 48.5 Å². The van der Waals surface area contributed by atoms with E-state index in [0.29, 0.717) is 0 Å². The van der Waals surface area contributed by atoms with E-state index in [1.54, 1.807) is 6.42 Å². The summed E-state index contributed by atoms with van der Waals surface area (Å²) >= 11 is 0. The van der Waals surface area contributed by atoms with E-state index in [9.17, 15) is 0 Å². The topological polar surface area (TPSA) is 0 Å². The Kier molecular flexibility index (Phi) is 7.27. The van der Waals surface area contributed by atoms with Gasteiger partial charge in [0, 0.05) is 0 Å². The minimum absolute atomic E-state index is 0.743. The molecule has 0 aromatic rings. The van der Waals surface area contributed by atoms with Gasteiger partial charge in [-0.2, -0.15) is 0 Å². The fraction of sp³-hybridized carbons (Fsp3) is 1.00. The minimum atomic E-state index is 0.743. The lowest BCUT2D eigenvalue weighted by Gasteiger charge is -2.43. The van der Waals surface area contributed by atoms with Gasteiger partial charge in [-0.15, -0.1) is 0 Å². The van der Waals surface area contributed by atoms with E-state index in [0.717, 1.165) is 46.8 Å². The molecule has 2 rings (SSSR count). The van der Waals surface area contributed by atoms with Crippen LogP contribution in [0, 0.1) is 46.8 Å². The van der Waals surface area contributed by atoms with Crippen molar-refractivity contribution in [1.29, 1.82) is 0 Å². The summed E-state index contributed by atoms with van der Waals surface area (Å²) in [5.41, 5.74) is 0.743. The van der Waals surface area contributed by atoms with Crippen molar-refractivity contribution in [1.82, 2.24) is 0 Å². The average molecular weight is 335 g/mol. The molecule has 2 fully saturated rings. The van der Waals surface area contributed by atoms with E-state index >= 15 is 0 Å². The van der Waals surface area contributed by atoms with Crippen molar-refractivity contribution in [2.75, 3.05) is 0 Å². The van der Waals surface area contributed by atoms with Crippen LogP contribution in [0.3, 0.4) is 0 Å². The molecule has 2 aliphatic rings. The van der Waals surface area contributed by atoms with Gasteiger partial charge in [0.25, 0.3) is 0 Å².